The first-order valence-electron chi connectivity index (χ1n) is 5.72. The van der Waals surface area contributed by atoms with E-state index < -0.39 is 0 Å². The summed E-state index contributed by atoms with van der Waals surface area (Å²) < 4.78 is 0. The lowest BCUT2D eigenvalue weighted by Gasteiger charge is -2.12. The van der Waals surface area contributed by atoms with E-state index in [1.54, 1.807) is 0 Å². The molecular formula is C14H23N. The summed E-state index contributed by atoms with van der Waals surface area (Å²) in [5, 5.41) is 0. The fourth-order valence-corrected chi connectivity index (χ4v) is 1.88. The standard InChI is InChI=1S/C14H23N/c1-11-9-13(3)14(10-12(11)2)7-6-8-15(4)5/h9-10H,6-8H2,1-5H3. The fraction of sp³-hybridized carbons (Fsp3) is 0.571. The van der Waals surface area contributed by atoms with Crippen LogP contribution in [0.5, 0.6) is 0 Å². The summed E-state index contributed by atoms with van der Waals surface area (Å²) in [6.45, 7) is 7.78. The predicted molar refractivity (Wildman–Crippen MR) is 67.5 cm³/mol. The van der Waals surface area contributed by atoms with E-state index in [0.29, 0.717) is 0 Å². The predicted octanol–water partition coefficient (Wildman–Crippen LogP) is 3.11. The first-order valence-corrected chi connectivity index (χ1v) is 5.72. The molecular weight excluding hydrogens is 182 g/mol. The highest BCUT2D eigenvalue weighted by atomic mass is 15.0. The Balaban J connectivity index is 2.65. The molecule has 1 rings (SSSR count). The van der Waals surface area contributed by atoms with Crippen LogP contribution in [-0.2, 0) is 6.42 Å². The second kappa shape index (κ2) is 5.32. The minimum Gasteiger partial charge on any atom is -0.309 e. The third kappa shape index (κ3) is 3.67. The summed E-state index contributed by atoms with van der Waals surface area (Å²) in [6, 6.07) is 4.65. The van der Waals surface area contributed by atoms with Crippen molar-refractivity contribution >= 4 is 0 Å². The van der Waals surface area contributed by atoms with Gasteiger partial charge in [-0.2, -0.15) is 0 Å². The molecule has 1 heteroatoms. The summed E-state index contributed by atoms with van der Waals surface area (Å²) >= 11 is 0. The van der Waals surface area contributed by atoms with E-state index in [-0.39, 0.29) is 0 Å². The maximum Gasteiger partial charge on any atom is -0.00217 e. The molecule has 0 aromatic heterocycles. The second-order valence-electron chi connectivity index (χ2n) is 4.77. The SMILES string of the molecule is Cc1cc(C)c(CCCN(C)C)cc1C. The van der Waals surface area contributed by atoms with Gasteiger partial charge in [0.05, 0.1) is 0 Å². The van der Waals surface area contributed by atoms with Gasteiger partial charge in [-0.15, -0.1) is 0 Å². The molecule has 1 nitrogen and oxygen atoms in total. The Bertz CT molecular complexity index is 326. The maximum atomic E-state index is 2.35. The van der Waals surface area contributed by atoms with E-state index in [1.165, 1.54) is 41.6 Å². The van der Waals surface area contributed by atoms with E-state index >= 15 is 0 Å². The summed E-state index contributed by atoms with van der Waals surface area (Å²) in [7, 11) is 4.26. The average Bonchev–Trinajstić information content (AvgIpc) is 2.13. The Morgan fingerprint density at radius 1 is 0.933 bits per heavy atom. The Kier molecular flexibility index (Phi) is 4.34. The fourth-order valence-electron chi connectivity index (χ4n) is 1.88. The quantitative estimate of drug-likeness (QED) is 0.730. The van der Waals surface area contributed by atoms with Gasteiger partial charge in [0, 0.05) is 0 Å². The molecule has 0 radical (unpaired) electrons. The second-order valence-corrected chi connectivity index (χ2v) is 4.77. The van der Waals surface area contributed by atoms with E-state index in [2.05, 4.69) is 51.9 Å². The van der Waals surface area contributed by atoms with Gasteiger partial charge in [-0.05, 0) is 76.5 Å². The molecule has 84 valence electrons. The van der Waals surface area contributed by atoms with Crippen LogP contribution in [0.1, 0.15) is 28.7 Å². The Morgan fingerprint density at radius 2 is 1.53 bits per heavy atom. The van der Waals surface area contributed by atoms with Crippen LogP contribution in [0.2, 0.25) is 0 Å². The van der Waals surface area contributed by atoms with Crippen molar-refractivity contribution < 1.29 is 0 Å². The lowest BCUT2D eigenvalue weighted by atomic mass is 9.98. The van der Waals surface area contributed by atoms with Crippen molar-refractivity contribution in [3.8, 4) is 0 Å². The van der Waals surface area contributed by atoms with E-state index in [4.69, 9.17) is 0 Å². The Hall–Kier alpha value is -0.820. The molecule has 0 spiro atoms. The van der Waals surface area contributed by atoms with Gasteiger partial charge in [-0.1, -0.05) is 12.1 Å². The number of aryl methyl sites for hydroxylation is 4. The molecule has 1 aromatic rings. The van der Waals surface area contributed by atoms with Crippen LogP contribution >= 0.6 is 0 Å². The number of hydrogen-bond donors (Lipinski definition) is 0. The lowest BCUT2D eigenvalue weighted by Crippen LogP contribution is -2.13. The van der Waals surface area contributed by atoms with Crippen LogP contribution in [0.25, 0.3) is 0 Å². The van der Waals surface area contributed by atoms with Crippen LogP contribution in [0, 0.1) is 20.8 Å². The molecule has 1 aromatic carbocycles. The Morgan fingerprint density at radius 3 is 2.13 bits per heavy atom. The van der Waals surface area contributed by atoms with Crippen LogP contribution in [0.3, 0.4) is 0 Å². The minimum absolute atomic E-state index is 1.17. The van der Waals surface area contributed by atoms with Gasteiger partial charge in [-0.3, -0.25) is 0 Å². The van der Waals surface area contributed by atoms with Crippen molar-refractivity contribution in [3.05, 3.63) is 34.4 Å². The third-order valence-corrected chi connectivity index (χ3v) is 3.00. The molecule has 0 atom stereocenters. The molecule has 0 heterocycles. The van der Waals surface area contributed by atoms with Crippen LogP contribution in [0.4, 0.5) is 0 Å². The monoisotopic (exact) mass is 205 g/mol. The highest BCUT2D eigenvalue weighted by molar-refractivity contribution is 5.36. The van der Waals surface area contributed by atoms with Crippen molar-refractivity contribution in [2.75, 3.05) is 20.6 Å². The number of benzene rings is 1. The van der Waals surface area contributed by atoms with Crippen molar-refractivity contribution in [1.82, 2.24) is 4.90 Å². The summed E-state index contributed by atoms with van der Waals surface area (Å²) in [6.07, 6.45) is 2.45. The summed E-state index contributed by atoms with van der Waals surface area (Å²) in [5.74, 6) is 0. The molecule has 0 amide bonds. The average molecular weight is 205 g/mol. The number of nitrogens with zero attached hydrogens (tertiary/aromatic N) is 1. The molecule has 0 aliphatic rings. The molecule has 0 bridgehead atoms. The van der Waals surface area contributed by atoms with Gasteiger partial charge in [0.25, 0.3) is 0 Å². The van der Waals surface area contributed by atoms with E-state index in [1.807, 2.05) is 0 Å². The van der Waals surface area contributed by atoms with Crippen LogP contribution < -0.4 is 0 Å². The zero-order valence-electron chi connectivity index (χ0n) is 10.7. The van der Waals surface area contributed by atoms with Crippen molar-refractivity contribution in [1.29, 1.82) is 0 Å². The van der Waals surface area contributed by atoms with Gasteiger partial charge < -0.3 is 4.90 Å². The maximum absolute atomic E-state index is 2.35. The van der Waals surface area contributed by atoms with E-state index in [9.17, 15) is 0 Å². The van der Waals surface area contributed by atoms with Crippen molar-refractivity contribution in [3.63, 3.8) is 0 Å². The molecule has 0 N–H and O–H groups in total. The zero-order chi connectivity index (χ0) is 11.4. The first-order chi connectivity index (χ1) is 7.00. The van der Waals surface area contributed by atoms with Crippen molar-refractivity contribution in [2.24, 2.45) is 0 Å². The topological polar surface area (TPSA) is 3.24 Å². The number of hydrogen-bond acceptors (Lipinski definition) is 1. The molecule has 0 saturated carbocycles. The van der Waals surface area contributed by atoms with Gasteiger partial charge >= 0.3 is 0 Å². The highest BCUT2D eigenvalue weighted by Gasteiger charge is 2.02. The summed E-state index contributed by atoms with van der Waals surface area (Å²) in [4.78, 5) is 2.25. The van der Waals surface area contributed by atoms with Gasteiger partial charge in [0.2, 0.25) is 0 Å². The van der Waals surface area contributed by atoms with Crippen molar-refractivity contribution in [2.45, 2.75) is 33.6 Å². The molecule has 0 saturated heterocycles. The first kappa shape index (κ1) is 12.3. The van der Waals surface area contributed by atoms with Gasteiger partial charge in [-0.25, -0.2) is 0 Å². The Labute approximate surface area is 94.1 Å². The smallest absolute Gasteiger partial charge is 0.00217 e. The largest absolute Gasteiger partial charge is 0.309 e. The number of rotatable bonds is 4. The highest BCUT2D eigenvalue weighted by Crippen LogP contribution is 2.16. The van der Waals surface area contributed by atoms with E-state index in [0.717, 1.165) is 0 Å². The lowest BCUT2D eigenvalue weighted by molar-refractivity contribution is 0.400. The molecule has 0 fully saturated rings. The normalized spacial score (nSPS) is 11.1. The van der Waals surface area contributed by atoms with Crippen LogP contribution in [-0.4, -0.2) is 25.5 Å². The third-order valence-electron chi connectivity index (χ3n) is 3.00. The zero-order valence-corrected chi connectivity index (χ0v) is 10.7. The molecule has 0 aliphatic carbocycles. The minimum atomic E-state index is 1.17. The summed E-state index contributed by atoms with van der Waals surface area (Å²) in [5.41, 5.74) is 5.78. The van der Waals surface area contributed by atoms with Gasteiger partial charge in [0.15, 0.2) is 0 Å². The van der Waals surface area contributed by atoms with Crippen LogP contribution in [0.15, 0.2) is 12.1 Å². The molecule has 15 heavy (non-hydrogen) atoms. The van der Waals surface area contributed by atoms with Gasteiger partial charge in [0.1, 0.15) is 0 Å². The molecule has 0 unspecified atom stereocenters. The molecule has 0 aliphatic heterocycles.